The van der Waals surface area contributed by atoms with Gasteiger partial charge in [-0.05, 0) is 5.56 Å². The smallest absolute Gasteiger partial charge is 0.224 e. The third kappa shape index (κ3) is 2.30. The summed E-state index contributed by atoms with van der Waals surface area (Å²) in [5.74, 6) is 1.37. The second-order valence-corrected chi connectivity index (χ2v) is 4.09. The molecule has 0 radical (unpaired) electrons. The number of fused-ring (bicyclic) bond motifs is 1. The highest BCUT2D eigenvalue weighted by Crippen LogP contribution is 2.18. The predicted octanol–water partition coefficient (Wildman–Crippen LogP) is 0.951. The molecule has 3 rings (SSSR count). The van der Waals surface area contributed by atoms with Gasteiger partial charge in [0.15, 0.2) is 11.5 Å². The Balaban J connectivity index is 1.80. The lowest BCUT2D eigenvalue weighted by Crippen LogP contribution is -2.05. The van der Waals surface area contributed by atoms with Gasteiger partial charge < -0.3 is 20.8 Å². The SMILES string of the molecule is COc1ccc(CNc2nc(N)nc3nc[nH]c23)cn1. The minimum absolute atomic E-state index is 0.181. The predicted molar refractivity (Wildman–Crippen MR) is 74.2 cm³/mol. The number of nitrogens with one attached hydrogen (secondary N) is 2. The van der Waals surface area contributed by atoms with E-state index < -0.39 is 0 Å². The van der Waals surface area contributed by atoms with Gasteiger partial charge in [0.1, 0.15) is 5.52 Å². The first kappa shape index (κ1) is 12.2. The fraction of sp³-hybridized carbons (Fsp3) is 0.167. The van der Waals surface area contributed by atoms with E-state index in [0.29, 0.717) is 23.9 Å². The molecule has 4 N–H and O–H groups in total. The Kier molecular flexibility index (Phi) is 3.04. The van der Waals surface area contributed by atoms with Gasteiger partial charge in [-0.3, -0.25) is 0 Å². The largest absolute Gasteiger partial charge is 0.481 e. The Hall–Kier alpha value is -2.90. The number of H-pyrrole nitrogens is 1. The summed E-state index contributed by atoms with van der Waals surface area (Å²) in [5, 5.41) is 3.19. The highest BCUT2D eigenvalue weighted by atomic mass is 16.5. The van der Waals surface area contributed by atoms with E-state index in [2.05, 4.69) is 30.2 Å². The van der Waals surface area contributed by atoms with E-state index in [-0.39, 0.29) is 5.95 Å². The summed E-state index contributed by atoms with van der Waals surface area (Å²) in [6, 6.07) is 3.73. The molecule has 8 heteroatoms. The van der Waals surface area contributed by atoms with Gasteiger partial charge in [0, 0.05) is 18.8 Å². The molecule has 3 heterocycles. The fourth-order valence-electron chi connectivity index (χ4n) is 1.80. The fourth-order valence-corrected chi connectivity index (χ4v) is 1.80. The Labute approximate surface area is 114 Å². The molecule has 3 aromatic rings. The molecule has 0 aliphatic carbocycles. The van der Waals surface area contributed by atoms with Crippen molar-refractivity contribution in [2.75, 3.05) is 18.2 Å². The summed E-state index contributed by atoms with van der Waals surface area (Å²) in [4.78, 5) is 19.4. The van der Waals surface area contributed by atoms with Gasteiger partial charge in [-0.15, -0.1) is 0 Å². The summed E-state index contributed by atoms with van der Waals surface area (Å²) in [6.45, 7) is 0.557. The molecule has 0 aromatic carbocycles. The van der Waals surface area contributed by atoms with Crippen LogP contribution >= 0.6 is 0 Å². The topological polar surface area (TPSA) is 115 Å². The van der Waals surface area contributed by atoms with Crippen molar-refractivity contribution >= 4 is 22.9 Å². The highest BCUT2D eigenvalue weighted by molar-refractivity contribution is 5.83. The van der Waals surface area contributed by atoms with Gasteiger partial charge in [0.2, 0.25) is 11.8 Å². The van der Waals surface area contributed by atoms with Crippen molar-refractivity contribution in [1.82, 2.24) is 24.9 Å². The molecule has 0 unspecified atom stereocenters. The monoisotopic (exact) mass is 271 g/mol. The van der Waals surface area contributed by atoms with Gasteiger partial charge >= 0.3 is 0 Å². The number of rotatable bonds is 4. The molecule has 0 saturated heterocycles. The van der Waals surface area contributed by atoms with E-state index in [1.54, 1.807) is 25.7 Å². The minimum Gasteiger partial charge on any atom is -0.481 e. The second kappa shape index (κ2) is 5.00. The average Bonchev–Trinajstić information content (AvgIpc) is 2.93. The summed E-state index contributed by atoms with van der Waals surface area (Å²) < 4.78 is 5.01. The first-order valence-corrected chi connectivity index (χ1v) is 5.95. The second-order valence-electron chi connectivity index (χ2n) is 4.09. The van der Waals surface area contributed by atoms with Gasteiger partial charge in [0.25, 0.3) is 0 Å². The molecule has 8 nitrogen and oxygen atoms in total. The van der Waals surface area contributed by atoms with Gasteiger partial charge in [0.05, 0.1) is 13.4 Å². The molecule has 0 amide bonds. The number of nitrogens with two attached hydrogens (primary N) is 1. The zero-order valence-electron chi connectivity index (χ0n) is 10.8. The van der Waals surface area contributed by atoms with Crippen LogP contribution in [0.1, 0.15) is 5.56 Å². The molecule has 0 saturated carbocycles. The van der Waals surface area contributed by atoms with Crippen molar-refractivity contribution in [3.63, 3.8) is 0 Å². The number of anilines is 2. The van der Waals surface area contributed by atoms with Crippen molar-refractivity contribution in [2.45, 2.75) is 6.54 Å². The third-order valence-electron chi connectivity index (χ3n) is 2.77. The Morgan fingerprint density at radius 2 is 2.20 bits per heavy atom. The van der Waals surface area contributed by atoms with E-state index in [4.69, 9.17) is 10.5 Å². The van der Waals surface area contributed by atoms with E-state index in [0.717, 1.165) is 11.1 Å². The number of hydrogen-bond acceptors (Lipinski definition) is 7. The van der Waals surface area contributed by atoms with Crippen LogP contribution in [-0.4, -0.2) is 32.0 Å². The van der Waals surface area contributed by atoms with E-state index in [1.165, 1.54) is 0 Å². The number of imidazole rings is 1. The maximum Gasteiger partial charge on any atom is 0.224 e. The third-order valence-corrected chi connectivity index (χ3v) is 2.77. The molecule has 102 valence electrons. The van der Waals surface area contributed by atoms with Crippen LogP contribution in [0.25, 0.3) is 11.2 Å². The number of nitrogen functional groups attached to an aromatic ring is 1. The van der Waals surface area contributed by atoms with Crippen LogP contribution in [0.5, 0.6) is 5.88 Å². The van der Waals surface area contributed by atoms with Crippen molar-refractivity contribution in [2.24, 2.45) is 0 Å². The van der Waals surface area contributed by atoms with E-state index in [9.17, 15) is 0 Å². The summed E-state index contributed by atoms with van der Waals surface area (Å²) in [5.41, 5.74) is 7.90. The van der Waals surface area contributed by atoms with Crippen LogP contribution in [0.15, 0.2) is 24.7 Å². The molecule has 0 spiro atoms. The minimum atomic E-state index is 0.181. The summed E-state index contributed by atoms with van der Waals surface area (Å²) in [6.07, 6.45) is 3.29. The van der Waals surface area contributed by atoms with Gasteiger partial charge in [-0.1, -0.05) is 6.07 Å². The number of aromatic nitrogens is 5. The van der Waals surface area contributed by atoms with E-state index in [1.807, 2.05) is 6.07 Å². The summed E-state index contributed by atoms with van der Waals surface area (Å²) in [7, 11) is 1.58. The maximum absolute atomic E-state index is 5.65. The maximum atomic E-state index is 5.65. The molecule has 3 aromatic heterocycles. The molecule has 0 atom stereocenters. The lowest BCUT2D eigenvalue weighted by atomic mass is 10.3. The van der Waals surface area contributed by atoms with Crippen LogP contribution < -0.4 is 15.8 Å². The standard InChI is InChI=1S/C12H13N7O/c1-20-8-3-2-7(4-14-8)5-15-10-9-11(17-6-16-9)19-12(13)18-10/h2-4,6H,5H2,1H3,(H4,13,15,16,17,18,19). The number of pyridine rings is 1. The zero-order valence-corrected chi connectivity index (χ0v) is 10.8. The van der Waals surface area contributed by atoms with Crippen molar-refractivity contribution in [1.29, 1.82) is 0 Å². The van der Waals surface area contributed by atoms with Crippen LogP contribution in [0.4, 0.5) is 11.8 Å². The molecule has 20 heavy (non-hydrogen) atoms. The Bertz CT molecular complexity index is 722. The quantitative estimate of drug-likeness (QED) is 0.647. The first-order chi connectivity index (χ1) is 9.76. The first-order valence-electron chi connectivity index (χ1n) is 5.95. The number of ether oxygens (including phenoxy) is 1. The number of aromatic amines is 1. The van der Waals surface area contributed by atoms with Gasteiger partial charge in [-0.2, -0.15) is 9.97 Å². The van der Waals surface area contributed by atoms with Crippen molar-refractivity contribution in [3.05, 3.63) is 30.2 Å². The number of hydrogen-bond donors (Lipinski definition) is 3. The van der Waals surface area contributed by atoms with Crippen LogP contribution in [0.2, 0.25) is 0 Å². The lowest BCUT2D eigenvalue weighted by molar-refractivity contribution is 0.397. The Morgan fingerprint density at radius 3 is 2.95 bits per heavy atom. The average molecular weight is 271 g/mol. The Morgan fingerprint density at radius 1 is 1.30 bits per heavy atom. The van der Waals surface area contributed by atoms with Crippen molar-refractivity contribution in [3.8, 4) is 5.88 Å². The normalized spacial score (nSPS) is 10.7. The molecule has 0 aliphatic heterocycles. The van der Waals surface area contributed by atoms with Crippen LogP contribution in [0, 0.1) is 0 Å². The number of nitrogens with zero attached hydrogens (tertiary/aromatic N) is 4. The summed E-state index contributed by atoms with van der Waals surface area (Å²) >= 11 is 0. The highest BCUT2D eigenvalue weighted by Gasteiger charge is 2.08. The van der Waals surface area contributed by atoms with E-state index >= 15 is 0 Å². The van der Waals surface area contributed by atoms with Crippen molar-refractivity contribution < 1.29 is 4.74 Å². The molecule has 0 bridgehead atoms. The van der Waals surface area contributed by atoms with Gasteiger partial charge in [-0.25, -0.2) is 9.97 Å². The number of methoxy groups -OCH3 is 1. The molecule has 0 aliphatic rings. The molecule has 0 fully saturated rings. The lowest BCUT2D eigenvalue weighted by Gasteiger charge is -2.07. The van der Waals surface area contributed by atoms with Crippen LogP contribution in [-0.2, 0) is 6.54 Å². The zero-order chi connectivity index (χ0) is 13.9. The molecular weight excluding hydrogens is 258 g/mol. The van der Waals surface area contributed by atoms with Crippen LogP contribution in [0.3, 0.4) is 0 Å². The molecular formula is C12H13N7O.